The van der Waals surface area contributed by atoms with Gasteiger partial charge < -0.3 is 9.47 Å². The summed E-state index contributed by atoms with van der Waals surface area (Å²) in [5.74, 6) is 1.50. The maximum Gasteiger partial charge on any atom is 0.311 e. The van der Waals surface area contributed by atoms with Crippen LogP contribution in [0.5, 0.6) is 11.5 Å². The fraction of sp³-hybridized carbons (Fsp3) is 0.542. The summed E-state index contributed by atoms with van der Waals surface area (Å²) in [5.41, 5.74) is 1.37. The summed E-state index contributed by atoms with van der Waals surface area (Å²) in [7, 11) is 0. The van der Waals surface area contributed by atoms with Gasteiger partial charge in [0.1, 0.15) is 11.5 Å². The Morgan fingerprint density at radius 1 is 1.07 bits per heavy atom. The summed E-state index contributed by atoms with van der Waals surface area (Å²) >= 11 is 0. The second-order valence-corrected chi connectivity index (χ2v) is 7.56. The molecule has 0 fully saturated rings. The molecule has 0 saturated heterocycles. The second-order valence-electron chi connectivity index (χ2n) is 7.56. The fourth-order valence-electron chi connectivity index (χ4n) is 2.91. The monoisotopic (exact) mass is 398 g/mol. The average Bonchev–Trinajstić information content (AvgIpc) is 2.75. The minimum atomic E-state index is -0.209. The predicted molar refractivity (Wildman–Crippen MR) is 116 cm³/mol. The fourth-order valence-corrected chi connectivity index (χ4v) is 2.91. The smallest absolute Gasteiger partial charge is 0.311 e. The van der Waals surface area contributed by atoms with E-state index >= 15 is 0 Å². The van der Waals surface area contributed by atoms with Gasteiger partial charge in [-0.1, -0.05) is 59.3 Å². The lowest BCUT2D eigenvalue weighted by Gasteiger charge is -2.14. The number of carbonyl (C=O) groups is 1. The Bertz CT molecular complexity index is 734. The maximum absolute atomic E-state index is 12.3. The number of unbranched alkanes of at least 4 members (excludes halogenated alkanes) is 5. The summed E-state index contributed by atoms with van der Waals surface area (Å²) in [6.07, 6.45) is 13.2. The number of ether oxygens (including phenoxy) is 2. The van der Waals surface area contributed by atoms with Gasteiger partial charge in [-0.2, -0.15) is 0 Å². The molecule has 0 spiro atoms. The van der Waals surface area contributed by atoms with Crippen molar-refractivity contribution in [1.82, 2.24) is 9.97 Å². The van der Waals surface area contributed by atoms with E-state index in [1.165, 1.54) is 25.7 Å². The van der Waals surface area contributed by atoms with Gasteiger partial charge in [-0.05, 0) is 30.5 Å². The van der Waals surface area contributed by atoms with Gasteiger partial charge in [-0.15, -0.1) is 0 Å². The van der Waals surface area contributed by atoms with E-state index in [9.17, 15) is 4.79 Å². The van der Waals surface area contributed by atoms with Crippen LogP contribution in [0.15, 0.2) is 36.8 Å². The lowest BCUT2D eigenvalue weighted by Crippen LogP contribution is -2.10. The van der Waals surface area contributed by atoms with Crippen LogP contribution in [-0.2, 0) is 4.79 Å². The van der Waals surface area contributed by atoms with Gasteiger partial charge in [0.05, 0.1) is 18.5 Å². The molecule has 158 valence electrons. The summed E-state index contributed by atoms with van der Waals surface area (Å²) < 4.78 is 11.6. The molecule has 1 atom stereocenters. The molecule has 0 radical (unpaired) electrons. The Morgan fingerprint density at radius 2 is 1.86 bits per heavy atom. The van der Waals surface area contributed by atoms with Gasteiger partial charge in [0.25, 0.3) is 0 Å². The number of hydrogen-bond acceptors (Lipinski definition) is 5. The van der Waals surface area contributed by atoms with E-state index in [1.54, 1.807) is 24.7 Å². The topological polar surface area (TPSA) is 61.3 Å². The molecule has 0 bridgehead atoms. The van der Waals surface area contributed by atoms with Gasteiger partial charge in [-0.25, -0.2) is 0 Å². The molecule has 2 aromatic rings. The lowest BCUT2D eigenvalue weighted by molar-refractivity contribution is -0.134. The summed E-state index contributed by atoms with van der Waals surface area (Å²) in [4.78, 5) is 20.8. The van der Waals surface area contributed by atoms with Crippen molar-refractivity contribution < 1.29 is 14.3 Å². The van der Waals surface area contributed by atoms with Crippen LogP contribution in [0.2, 0.25) is 0 Å². The first-order valence-electron chi connectivity index (χ1n) is 10.9. The van der Waals surface area contributed by atoms with E-state index < -0.39 is 0 Å². The van der Waals surface area contributed by atoms with Crippen LogP contribution < -0.4 is 9.47 Å². The minimum absolute atomic E-state index is 0.209. The predicted octanol–water partition coefficient (Wildman–Crippen LogP) is 6.22. The van der Waals surface area contributed by atoms with Crippen LogP contribution in [0, 0.1) is 5.92 Å². The Labute approximate surface area is 174 Å². The summed E-state index contributed by atoms with van der Waals surface area (Å²) in [5, 5.41) is 0. The molecule has 1 unspecified atom stereocenters. The first-order valence-corrected chi connectivity index (χ1v) is 10.9. The van der Waals surface area contributed by atoms with E-state index in [1.807, 2.05) is 12.1 Å². The van der Waals surface area contributed by atoms with Crippen molar-refractivity contribution in [1.29, 1.82) is 0 Å². The van der Waals surface area contributed by atoms with Crippen LogP contribution >= 0.6 is 0 Å². The molecule has 5 nitrogen and oxygen atoms in total. The van der Waals surface area contributed by atoms with Crippen molar-refractivity contribution in [3.05, 3.63) is 36.8 Å². The number of esters is 1. The molecule has 2 rings (SSSR count). The Hall–Kier alpha value is -2.43. The Balaban J connectivity index is 2.03. The number of aromatic nitrogens is 2. The van der Waals surface area contributed by atoms with Crippen LogP contribution in [0.1, 0.15) is 72.1 Å². The average molecular weight is 399 g/mol. The molecule has 1 heterocycles. The number of rotatable bonds is 13. The van der Waals surface area contributed by atoms with Gasteiger partial charge in [0.15, 0.2) is 0 Å². The molecule has 0 saturated carbocycles. The summed E-state index contributed by atoms with van der Waals surface area (Å²) in [6, 6.07) is 5.50. The first kappa shape index (κ1) is 22.9. The maximum atomic E-state index is 12.3. The third-order valence-electron chi connectivity index (χ3n) is 4.98. The van der Waals surface area contributed by atoms with Crippen molar-refractivity contribution >= 4 is 5.97 Å². The van der Waals surface area contributed by atoms with Crippen LogP contribution in [0.4, 0.5) is 0 Å². The largest absolute Gasteiger partial charge is 0.493 e. The number of benzene rings is 1. The van der Waals surface area contributed by atoms with Crippen molar-refractivity contribution in [3.63, 3.8) is 0 Å². The molecular formula is C24H34N2O3. The van der Waals surface area contributed by atoms with Crippen molar-refractivity contribution in [3.8, 4) is 22.8 Å². The summed E-state index contributed by atoms with van der Waals surface area (Å²) in [6.45, 7) is 7.15. The zero-order valence-electron chi connectivity index (χ0n) is 18.0. The number of nitrogens with zero attached hydrogens (tertiary/aromatic N) is 2. The molecule has 1 aromatic carbocycles. The van der Waals surface area contributed by atoms with E-state index in [4.69, 9.17) is 9.47 Å². The van der Waals surface area contributed by atoms with E-state index in [-0.39, 0.29) is 5.97 Å². The quantitative estimate of drug-likeness (QED) is 0.227. The van der Waals surface area contributed by atoms with Gasteiger partial charge >= 0.3 is 5.97 Å². The SMILES string of the molecule is CCCCCCCCC(=O)Oc1ccc(OCC(C)CC)cc1-c1cnccn1. The van der Waals surface area contributed by atoms with Crippen molar-refractivity contribution in [2.45, 2.75) is 72.1 Å². The number of hydrogen-bond donors (Lipinski definition) is 0. The molecule has 29 heavy (non-hydrogen) atoms. The second kappa shape index (κ2) is 12.9. The third kappa shape index (κ3) is 8.22. The van der Waals surface area contributed by atoms with Crippen LogP contribution in [-0.4, -0.2) is 22.5 Å². The van der Waals surface area contributed by atoms with Crippen molar-refractivity contribution in [2.24, 2.45) is 5.92 Å². The molecule has 0 aliphatic heterocycles. The first-order chi connectivity index (χ1) is 14.1. The molecule has 0 N–H and O–H groups in total. The number of carbonyl (C=O) groups excluding carboxylic acids is 1. The molecule has 0 amide bonds. The highest BCUT2D eigenvalue weighted by molar-refractivity contribution is 5.77. The van der Waals surface area contributed by atoms with Crippen molar-refractivity contribution in [2.75, 3.05) is 6.61 Å². The Kier molecular flexibility index (Phi) is 10.2. The van der Waals surface area contributed by atoms with Crippen LogP contribution in [0.25, 0.3) is 11.3 Å². The normalized spacial score (nSPS) is 11.8. The third-order valence-corrected chi connectivity index (χ3v) is 4.98. The van der Waals surface area contributed by atoms with Crippen LogP contribution in [0.3, 0.4) is 0 Å². The standard InChI is InChI=1S/C24H34N2O3/c1-4-6-7-8-9-10-11-24(27)29-23-13-12-20(28-18-19(3)5-2)16-21(23)22-17-25-14-15-26-22/h12-17,19H,4-11,18H2,1-3H3. The lowest BCUT2D eigenvalue weighted by atomic mass is 10.1. The Morgan fingerprint density at radius 3 is 2.59 bits per heavy atom. The van der Waals surface area contributed by atoms with Gasteiger partial charge in [0, 0.05) is 24.4 Å². The molecule has 5 heteroatoms. The van der Waals surface area contributed by atoms with E-state index in [2.05, 4.69) is 30.7 Å². The van der Waals surface area contributed by atoms with E-state index in [0.29, 0.717) is 30.4 Å². The van der Waals surface area contributed by atoms with Gasteiger partial charge in [0.2, 0.25) is 0 Å². The van der Waals surface area contributed by atoms with E-state index in [0.717, 1.165) is 30.6 Å². The highest BCUT2D eigenvalue weighted by Gasteiger charge is 2.14. The van der Waals surface area contributed by atoms with Gasteiger partial charge in [-0.3, -0.25) is 14.8 Å². The molecule has 1 aromatic heterocycles. The zero-order chi connectivity index (χ0) is 20.9. The molecular weight excluding hydrogens is 364 g/mol. The highest BCUT2D eigenvalue weighted by Crippen LogP contribution is 2.32. The molecule has 0 aliphatic carbocycles. The zero-order valence-corrected chi connectivity index (χ0v) is 18.0. The highest BCUT2D eigenvalue weighted by atomic mass is 16.5. The minimum Gasteiger partial charge on any atom is -0.493 e. The molecule has 0 aliphatic rings.